The molecule has 3 aromatic rings. The average Bonchev–Trinajstić information content (AvgIpc) is 3.03. The van der Waals surface area contributed by atoms with Gasteiger partial charge in [0.25, 0.3) is 0 Å². The van der Waals surface area contributed by atoms with Gasteiger partial charge in [0.15, 0.2) is 0 Å². The Morgan fingerprint density at radius 1 is 1.19 bits per heavy atom. The molecule has 1 atom stereocenters. The van der Waals surface area contributed by atoms with Gasteiger partial charge in [0, 0.05) is 38.7 Å². The van der Waals surface area contributed by atoms with Gasteiger partial charge in [-0.2, -0.15) is 9.61 Å². The number of aliphatic hydroxyl groups excluding tert-OH is 1. The van der Waals surface area contributed by atoms with E-state index in [0.29, 0.717) is 31.8 Å². The quantitative estimate of drug-likeness (QED) is 0.735. The number of anilines is 1. The highest BCUT2D eigenvalue weighted by molar-refractivity contribution is 5.75. The van der Waals surface area contributed by atoms with Crippen molar-refractivity contribution in [1.29, 1.82) is 0 Å². The van der Waals surface area contributed by atoms with Crippen molar-refractivity contribution < 1.29 is 9.90 Å². The van der Waals surface area contributed by atoms with E-state index in [1.807, 2.05) is 41.3 Å². The molecule has 0 bridgehead atoms. The summed E-state index contributed by atoms with van der Waals surface area (Å²) in [5.74, 6) is -0.0294. The minimum atomic E-state index is -0.627. The second-order valence-electron chi connectivity index (χ2n) is 6.44. The average molecular weight is 352 g/mol. The fraction of sp³-hybridized carbons (Fsp3) is 0.333. The van der Waals surface area contributed by atoms with Gasteiger partial charge in [-0.15, -0.1) is 10.2 Å². The molecule has 0 aliphatic carbocycles. The minimum Gasteiger partial charge on any atom is -0.389 e. The van der Waals surface area contributed by atoms with E-state index >= 15 is 0 Å². The van der Waals surface area contributed by atoms with Crippen molar-refractivity contribution in [2.75, 3.05) is 31.1 Å². The number of hydrogen-bond donors (Lipinski definition) is 1. The number of benzene rings is 1. The highest BCUT2D eigenvalue weighted by atomic mass is 16.3. The zero-order valence-electron chi connectivity index (χ0n) is 14.5. The molecular formula is C18H20N6O2. The lowest BCUT2D eigenvalue weighted by Crippen LogP contribution is -2.36. The summed E-state index contributed by atoms with van der Waals surface area (Å²) in [7, 11) is 0. The van der Waals surface area contributed by atoms with Gasteiger partial charge in [-0.05, 0) is 6.07 Å². The van der Waals surface area contributed by atoms with Crippen LogP contribution in [-0.2, 0) is 4.79 Å². The summed E-state index contributed by atoms with van der Waals surface area (Å²) in [6.45, 7) is 3.45. The zero-order chi connectivity index (χ0) is 18.1. The van der Waals surface area contributed by atoms with Crippen molar-refractivity contribution in [2.45, 2.75) is 13.0 Å². The van der Waals surface area contributed by atoms with Crippen molar-refractivity contribution in [3.63, 3.8) is 0 Å². The maximum absolute atomic E-state index is 11.7. The van der Waals surface area contributed by atoms with Crippen LogP contribution in [0, 0.1) is 0 Å². The molecule has 1 amide bonds. The Bertz CT molecular complexity index is 926. The lowest BCUT2D eigenvalue weighted by atomic mass is 10.1. The first-order valence-electron chi connectivity index (χ1n) is 8.57. The highest BCUT2D eigenvalue weighted by Gasteiger charge is 2.25. The van der Waals surface area contributed by atoms with Gasteiger partial charge >= 0.3 is 0 Å². The van der Waals surface area contributed by atoms with E-state index in [1.54, 1.807) is 15.7 Å². The van der Waals surface area contributed by atoms with Crippen LogP contribution in [-0.4, -0.2) is 68.0 Å². The van der Waals surface area contributed by atoms with Gasteiger partial charge in [0.05, 0.1) is 17.5 Å². The Morgan fingerprint density at radius 2 is 2.00 bits per heavy atom. The minimum absolute atomic E-state index is 0.0294. The van der Waals surface area contributed by atoms with Gasteiger partial charge in [-0.1, -0.05) is 30.3 Å². The standard InChI is InChI=1S/C18H20N6O2/c1-13(25)22-7-8-23(11-15(26)10-22)17-9-16(14-5-3-2-4-6-14)21-24-12-19-20-18(17)24/h2-6,9,12,15,26H,7-8,10-11H2,1H3. The lowest BCUT2D eigenvalue weighted by molar-refractivity contribution is -0.129. The molecule has 1 unspecified atom stereocenters. The van der Waals surface area contributed by atoms with Gasteiger partial charge in [-0.3, -0.25) is 4.79 Å². The molecule has 0 spiro atoms. The van der Waals surface area contributed by atoms with E-state index in [9.17, 15) is 9.90 Å². The molecule has 1 N–H and O–H groups in total. The molecule has 3 heterocycles. The summed E-state index contributed by atoms with van der Waals surface area (Å²) < 4.78 is 1.65. The smallest absolute Gasteiger partial charge is 0.219 e. The first-order valence-corrected chi connectivity index (χ1v) is 8.57. The first-order chi connectivity index (χ1) is 12.6. The van der Waals surface area contributed by atoms with Crippen LogP contribution >= 0.6 is 0 Å². The molecule has 8 heteroatoms. The summed E-state index contributed by atoms with van der Waals surface area (Å²) in [5.41, 5.74) is 3.27. The number of carbonyl (C=O) groups excluding carboxylic acids is 1. The van der Waals surface area contributed by atoms with Crippen LogP contribution in [0.15, 0.2) is 42.7 Å². The molecule has 2 aromatic heterocycles. The second-order valence-corrected chi connectivity index (χ2v) is 6.44. The third-order valence-electron chi connectivity index (χ3n) is 4.61. The normalized spacial score (nSPS) is 18.2. The topological polar surface area (TPSA) is 86.9 Å². The Morgan fingerprint density at radius 3 is 2.77 bits per heavy atom. The largest absolute Gasteiger partial charge is 0.389 e. The Hall–Kier alpha value is -3.00. The van der Waals surface area contributed by atoms with Crippen molar-refractivity contribution in [3.8, 4) is 11.3 Å². The molecule has 26 heavy (non-hydrogen) atoms. The van der Waals surface area contributed by atoms with E-state index in [0.717, 1.165) is 16.9 Å². The molecule has 1 saturated heterocycles. The lowest BCUT2D eigenvalue weighted by Gasteiger charge is -2.24. The number of aromatic nitrogens is 4. The number of amides is 1. The first kappa shape index (κ1) is 16.5. The van der Waals surface area contributed by atoms with Gasteiger partial charge < -0.3 is 14.9 Å². The number of hydrogen-bond acceptors (Lipinski definition) is 6. The molecule has 0 saturated carbocycles. The summed E-state index contributed by atoms with van der Waals surface area (Å²) in [5, 5.41) is 23.1. The number of fused-ring (bicyclic) bond motifs is 1. The summed E-state index contributed by atoms with van der Waals surface area (Å²) in [6, 6.07) is 11.9. The van der Waals surface area contributed by atoms with Crippen LogP contribution in [0.2, 0.25) is 0 Å². The maximum Gasteiger partial charge on any atom is 0.219 e. The SMILES string of the molecule is CC(=O)N1CCN(c2cc(-c3ccccc3)nn3cnnc23)CC(O)C1. The third-order valence-corrected chi connectivity index (χ3v) is 4.61. The summed E-state index contributed by atoms with van der Waals surface area (Å²) >= 11 is 0. The van der Waals surface area contributed by atoms with E-state index < -0.39 is 6.10 Å². The van der Waals surface area contributed by atoms with E-state index in [-0.39, 0.29) is 5.91 Å². The van der Waals surface area contributed by atoms with Crippen molar-refractivity contribution in [3.05, 3.63) is 42.7 Å². The predicted molar refractivity (Wildman–Crippen MR) is 96.7 cm³/mol. The summed E-state index contributed by atoms with van der Waals surface area (Å²) in [6.07, 6.45) is 0.944. The van der Waals surface area contributed by atoms with Crippen LogP contribution in [0.25, 0.3) is 16.9 Å². The molecule has 1 fully saturated rings. The molecule has 1 aliphatic rings. The summed E-state index contributed by atoms with van der Waals surface area (Å²) in [4.78, 5) is 15.4. The van der Waals surface area contributed by atoms with E-state index in [2.05, 4.69) is 15.3 Å². The molecule has 134 valence electrons. The van der Waals surface area contributed by atoms with Gasteiger partial charge in [0.1, 0.15) is 6.33 Å². The number of rotatable bonds is 2. The van der Waals surface area contributed by atoms with E-state index in [1.165, 1.54) is 6.92 Å². The van der Waals surface area contributed by atoms with Gasteiger partial charge in [0.2, 0.25) is 11.6 Å². The maximum atomic E-state index is 11.7. The Balaban J connectivity index is 1.75. The highest BCUT2D eigenvalue weighted by Crippen LogP contribution is 2.26. The number of aliphatic hydroxyl groups is 1. The zero-order valence-corrected chi connectivity index (χ0v) is 14.5. The van der Waals surface area contributed by atoms with Crippen molar-refractivity contribution in [1.82, 2.24) is 24.7 Å². The third kappa shape index (κ3) is 3.11. The molecule has 4 rings (SSSR count). The monoisotopic (exact) mass is 352 g/mol. The van der Waals surface area contributed by atoms with Crippen LogP contribution in [0.3, 0.4) is 0 Å². The fourth-order valence-corrected chi connectivity index (χ4v) is 3.29. The van der Waals surface area contributed by atoms with Crippen LogP contribution < -0.4 is 4.90 Å². The number of nitrogens with zero attached hydrogens (tertiary/aromatic N) is 6. The fourth-order valence-electron chi connectivity index (χ4n) is 3.29. The number of carbonyl (C=O) groups is 1. The molecule has 0 radical (unpaired) electrons. The predicted octanol–water partition coefficient (Wildman–Crippen LogP) is 0.821. The molecule has 1 aromatic carbocycles. The Kier molecular flexibility index (Phi) is 4.26. The van der Waals surface area contributed by atoms with Crippen LogP contribution in [0.5, 0.6) is 0 Å². The Labute approximate surface area is 150 Å². The second kappa shape index (κ2) is 6.72. The van der Waals surface area contributed by atoms with Crippen molar-refractivity contribution in [2.24, 2.45) is 0 Å². The molecule has 1 aliphatic heterocycles. The number of β-amino-alcohol motifs (C(OH)–C–C–N with tert-alkyl or cyclic N) is 1. The van der Waals surface area contributed by atoms with Gasteiger partial charge in [-0.25, -0.2) is 0 Å². The van der Waals surface area contributed by atoms with Crippen LogP contribution in [0.4, 0.5) is 5.69 Å². The molecule has 8 nitrogen and oxygen atoms in total. The molecular weight excluding hydrogens is 332 g/mol. The van der Waals surface area contributed by atoms with Crippen molar-refractivity contribution >= 4 is 17.2 Å². The van der Waals surface area contributed by atoms with E-state index in [4.69, 9.17) is 0 Å². The van der Waals surface area contributed by atoms with Crippen LogP contribution in [0.1, 0.15) is 6.92 Å².